The van der Waals surface area contributed by atoms with Crippen molar-refractivity contribution in [3.8, 4) is 0 Å². The summed E-state index contributed by atoms with van der Waals surface area (Å²) in [5, 5.41) is 4.22. The van der Waals surface area contributed by atoms with Gasteiger partial charge in [0.2, 0.25) is 0 Å². The second-order valence-corrected chi connectivity index (χ2v) is 5.66. The Morgan fingerprint density at radius 3 is 3.05 bits per heavy atom. The average molecular weight is 284 g/mol. The smallest absolute Gasteiger partial charge is 0.334 e. The molecule has 0 amide bonds. The Bertz CT molecular complexity index is 632. The minimum Gasteiger partial charge on any atom is -0.463 e. The molecule has 2 aliphatic carbocycles. The average Bonchev–Trinajstić information content (AvgIpc) is 3.05. The van der Waals surface area contributed by atoms with Gasteiger partial charge in [-0.3, -0.25) is 0 Å². The fourth-order valence-corrected chi connectivity index (χ4v) is 3.51. The highest BCUT2D eigenvalue weighted by Gasteiger charge is 2.39. The number of fused-ring (bicyclic) bond motifs is 1. The zero-order chi connectivity index (χ0) is 14.0. The van der Waals surface area contributed by atoms with Crippen LogP contribution in [0, 0.1) is 0 Å². The summed E-state index contributed by atoms with van der Waals surface area (Å²) in [6.45, 7) is 2.25. The van der Waals surface area contributed by atoms with Crippen LogP contribution in [0.4, 0.5) is 0 Å². The molecular formula is C17H16O2S. The van der Waals surface area contributed by atoms with E-state index in [0.717, 1.165) is 5.57 Å². The Labute approximate surface area is 122 Å². The zero-order valence-corrected chi connectivity index (χ0v) is 12.2. The number of thiophene rings is 1. The number of esters is 1. The summed E-state index contributed by atoms with van der Waals surface area (Å²) in [7, 11) is 0. The highest BCUT2D eigenvalue weighted by atomic mass is 32.1. The molecule has 2 aliphatic rings. The van der Waals surface area contributed by atoms with Crippen molar-refractivity contribution >= 4 is 17.3 Å². The standard InChI is InChI=1S/C17H16O2S/c1-2-19-16(18)13-10-14-6-4-3-5-8-17(14,11-13)15-7-9-20-12-15/h3-9,11-12H,2,10H2,1H3. The molecule has 0 saturated carbocycles. The summed E-state index contributed by atoms with van der Waals surface area (Å²) in [6.07, 6.45) is 13.1. The van der Waals surface area contributed by atoms with Crippen molar-refractivity contribution in [2.75, 3.05) is 6.61 Å². The largest absolute Gasteiger partial charge is 0.463 e. The monoisotopic (exact) mass is 284 g/mol. The number of hydrogen-bond acceptors (Lipinski definition) is 3. The van der Waals surface area contributed by atoms with Gasteiger partial charge >= 0.3 is 5.97 Å². The molecule has 1 aromatic rings. The SMILES string of the molecule is CCOC(=O)C1=CC2(c3ccsc3)C=CC=CC=C2C1. The summed E-state index contributed by atoms with van der Waals surface area (Å²) in [5.74, 6) is -0.201. The maximum absolute atomic E-state index is 12.0. The minimum absolute atomic E-state index is 0.201. The summed E-state index contributed by atoms with van der Waals surface area (Å²) < 4.78 is 5.15. The molecule has 1 heterocycles. The maximum Gasteiger partial charge on any atom is 0.334 e. The van der Waals surface area contributed by atoms with Gasteiger partial charge in [0, 0.05) is 12.0 Å². The lowest BCUT2D eigenvalue weighted by Crippen LogP contribution is -2.19. The summed E-state index contributed by atoms with van der Waals surface area (Å²) in [4.78, 5) is 12.0. The molecule has 20 heavy (non-hydrogen) atoms. The molecule has 3 rings (SSSR count). The Balaban J connectivity index is 2.08. The summed E-state index contributed by atoms with van der Waals surface area (Å²) >= 11 is 1.68. The van der Waals surface area contributed by atoms with Crippen LogP contribution in [0.2, 0.25) is 0 Å². The quantitative estimate of drug-likeness (QED) is 0.786. The van der Waals surface area contributed by atoms with Gasteiger partial charge in [-0.15, -0.1) is 0 Å². The van der Waals surface area contributed by atoms with Crippen LogP contribution in [0.3, 0.4) is 0 Å². The molecule has 0 fully saturated rings. The van der Waals surface area contributed by atoms with Gasteiger partial charge in [0.05, 0.1) is 12.0 Å². The van der Waals surface area contributed by atoms with E-state index >= 15 is 0 Å². The molecule has 0 bridgehead atoms. The van der Waals surface area contributed by atoms with E-state index in [1.54, 1.807) is 11.3 Å². The molecule has 2 nitrogen and oxygen atoms in total. The molecular weight excluding hydrogens is 268 g/mol. The molecule has 0 aromatic carbocycles. The molecule has 1 unspecified atom stereocenters. The van der Waals surface area contributed by atoms with Gasteiger partial charge in [-0.05, 0) is 34.9 Å². The minimum atomic E-state index is -0.286. The van der Waals surface area contributed by atoms with E-state index in [1.165, 1.54) is 11.1 Å². The first kappa shape index (κ1) is 13.1. The lowest BCUT2D eigenvalue weighted by atomic mass is 9.78. The van der Waals surface area contributed by atoms with E-state index < -0.39 is 0 Å². The lowest BCUT2D eigenvalue weighted by molar-refractivity contribution is -0.138. The fraction of sp³-hybridized carbons (Fsp3) is 0.235. The van der Waals surface area contributed by atoms with Crippen molar-refractivity contribution in [1.29, 1.82) is 0 Å². The van der Waals surface area contributed by atoms with Gasteiger partial charge in [0.25, 0.3) is 0 Å². The van der Waals surface area contributed by atoms with E-state index in [9.17, 15) is 4.79 Å². The van der Waals surface area contributed by atoms with E-state index in [2.05, 4.69) is 35.1 Å². The predicted octanol–water partition coefficient (Wildman–Crippen LogP) is 3.93. The topological polar surface area (TPSA) is 26.3 Å². The van der Waals surface area contributed by atoms with Crippen molar-refractivity contribution in [1.82, 2.24) is 0 Å². The van der Waals surface area contributed by atoms with Crippen molar-refractivity contribution in [3.63, 3.8) is 0 Å². The van der Waals surface area contributed by atoms with Crippen molar-refractivity contribution < 1.29 is 9.53 Å². The molecule has 0 saturated heterocycles. The zero-order valence-electron chi connectivity index (χ0n) is 11.3. The number of allylic oxidation sites excluding steroid dienone is 7. The maximum atomic E-state index is 12.0. The third kappa shape index (κ3) is 2.08. The van der Waals surface area contributed by atoms with Crippen molar-refractivity contribution in [2.24, 2.45) is 0 Å². The second kappa shape index (κ2) is 5.25. The highest BCUT2D eigenvalue weighted by molar-refractivity contribution is 7.08. The molecule has 0 aliphatic heterocycles. The third-order valence-electron chi connectivity index (χ3n) is 3.73. The van der Waals surface area contributed by atoms with Crippen LogP contribution in [0.25, 0.3) is 0 Å². The number of carbonyl (C=O) groups excluding carboxylic acids is 1. The van der Waals surface area contributed by atoms with Crippen molar-refractivity contribution in [3.05, 3.63) is 70.0 Å². The molecule has 0 radical (unpaired) electrons. The molecule has 0 spiro atoms. The first-order chi connectivity index (χ1) is 9.76. The normalized spacial score (nSPS) is 23.9. The van der Waals surface area contributed by atoms with Crippen LogP contribution in [-0.2, 0) is 14.9 Å². The van der Waals surface area contributed by atoms with Crippen LogP contribution in [-0.4, -0.2) is 12.6 Å². The van der Waals surface area contributed by atoms with E-state index in [1.807, 2.05) is 25.2 Å². The summed E-state index contributed by atoms with van der Waals surface area (Å²) in [6, 6.07) is 2.12. The Morgan fingerprint density at radius 1 is 1.40 bits per heavy atom. The molecule has 1 atom stereocenters. The van der Waals surface area contributed by atoms with Crippen LogP contribution < -0.4 is 0 Å². The molecule has 102 valence electrons. The number of hydrogen-bond donors (Lipinski definition) is 0. The Kier molecular flexibility index (Phi) is 3.45. The highest BCUT2D eigenvalue weighted by Crippen LogP contribution is 2.46. The van der Waals surface area contributed by atoms with E-state index in [0.29, 0.717) is 13.0 Å². The van der Waals surface area contributed by atoms with Gasteiger partial charge in [-0.25, -0.2) is 4.79 Å². The Morgan fingerprint density at radius 2 is 2.30 bits per heavy atom. The van der Waals surface area contributed by atoms with Gasteiger partial charge in [-0.2, -0.15) is 11.3 Å². The first-order valence-corrected chi connectivity index (χ1v) is 7.67. The van der Waals surface area contributed by atoms with Gasteiger partial charge < -0.3 is 4.74 Å². The first-order valence-electron chi connectivity index (χ1n) is 6.73. The van der Waals surface area contributed by atoms with Crippen LogP contribution >= 0.6 is 11.3 Å². The number of rotatable bonds is 3. The number of carbonyl (C=O) groups is 1. The second-order valence-electron chi connectivity index (χ2n) is 4.88. The van der Waals surface area contributed by atoms with Gasteiger partial charge in [0.1, 0.15) is 0 Å². The van der Waals surface area contributed by atoms with Gasteiger partial charge in [0.15, 0.2) is 0 Å². The van der Waals surface area contributed by atoms with Crippen LogP contribution in [0.1, 0.15) is 18.9 Å². The lowest BCUT2D eigenvalue weighted by Gasteiger charge is -2.24. The van der Waals surface area contributed by atoms with Crippen LogP contribution in [0.5, 0.6) is 0 Å². The molecule has 1 aromatic heterocycles. The fourth-order valence-electron chi connectivity index (χ4n) is 2.78. The number of ether oxygens (including phenoxy) is 1. The molecule has 3 heteroatoms. The van der Waals surface area contributed by atoms with Gasteiger partial charge in [-0.1, -0.05) is 36.5 Å². The molecule has 0 N–H and O–H groups in total. The van der Waals surface area contributed by atoms with Crippen LogP contribution in [0.15, 0.2) is 64.4 Å². The Hall–Kier alpha value is -1.87. The summed E-state index contributed by atoms with van der Waals surface area (Å²) in [5.41, 5.74) is 2.91. The van der Waals surface area contributed by atoms with E-state index in [4.69, 9.17) is 4.74 Å². The van der Waals surface area contributed by atoms with Crippen molar-refractivity contribution in [2.45, 2.75) is 18.8 Å². The third-order valence-corrected chi connectivity index (χ3v) is 4.41. The predicted molar refractivity (Wildman–Crippen MR) is 81.7 cm³/mol. The van der Waals surface area contributed by atoms with E-state index in [-0.39, 0.29) is 11.4 Å².